The van der Waals surface area contributed by atoms with Crippen LogP contribution in [0.1, 0.15) is 97.1 Å². The van der Waals surface area contributed by atoms with Gasteiger partial charge in [0.25, 0.3) is 0 Å². The van der Waals surface area contributed by atoms with Gasteiger partial charge in [0.15, 0.2) is 0 Å². The van der Waals surface area contributed by atoms with E-state index in [-0.39, 0.29) is 29.5 Å². The average molecular weight is 954 g/mol. The van der Waals surface area contributed by atoms with Crippen LogP contribution in [0.15, 0.2) is 60.7 Å². The summed E-state index contributed by atoms with van der Waals surface area (Å²) in [5.74, 6) is -5.55. The molecule has 8 atom stereocenters. The van der Waals surface area contributed by atoms with E-state index in [4.69, 9.17) is 31.2 Å². The fraction of sp³-hybridized carbons (Fsp3) is 0.600. The number of carboxylic acids is 1. The molecular formula is C45H54F3NO12S3. The Morgan fingerprint density at radius 1 is 0.891 bits per heavy atom. The van der Waals surface area contributed by atoms with Crippen molar-refractivity contribution in [3.8, 4) is 0 Å². The summed E-state index contributed by atoms with van der Waals surface area (Å²) in [7, 11) is -5.77. The maximum absolute atomic E-state index is 15.2. The van der Waals surface area contributed by atoms with Crippen LogP contribution in [0, 0.1) is 39.4 Å². The maximum Gasteiger partial charge on any atom is 0.511 e. The number of hydrogen-bond donors (Lipinski definition) is 2. The third-order valence-electron chi connectivity index (χ3n) is 14.0. The van der Waals surface area contributed by atoms with Crippen LogP contribution in [0.3, 0.4) is 0 Å². The molecule has 6 rings (SSSR count). The minimum Gasteiger partial charge on any atom is -0.481 e. The summed E-state index contributed by atoms with van der Waals surface area (Å²) < 4.78 is 88.3. The lowest BCUT2D eigenvalue weighted by Crippen LogP contribution is -2.55. The summed E-state index contributed by atoms with van der Waals surface area (Å²) in [4.78, 5) is 70.7. The molecule has 2 aromatic rings. The van der Waals surface area contributed by atoms with Crippen molar-refractivity contribution in [3.63, 3.8) is 0 Å². The highest BCUT2D eigenvalue weighted by Crippen LogP contribution is 2.58. The molecule has 13 nitrogen and oxygen atoms in total. The molecule has 3 saturated carbocycles. The van der Waals surface area contributed by atoms with Gasteiger partial charge in [-0.05, 0) is 97.1 Å². The van der Waals surface area contributed by atoms with E-state index >= 15 is 9.59 Å². The monoisotopic (exact) mass is 953 g/mol. The number of sulfonamides is 1. The number of halogens is 3. The maximum atomic E-state index is 15.2. The summed E-state index contributed by atoms with van der Waals surface area (Å²) in [5.41, 5.74) is -13.1. The Morgan fingerprint density at radius 2 is 1.50 bits per heavy atom. The number of ether oxygens (including phenoxy) is 4. The van der Waals surface area contributed by atoms with Crippen molar-refractivity contribution >= 4 is 68.0 Å². The van der Waals surface area contributed by atoms with Gasteiger partial charge in [0, 0.05) is 24.1 Å². The molecule has 0 spiro atoms. The van der Waals surface area contributed by atoms with Crippen LogP contribution in [-0.2, 0) is 58.5 Å². The molecule has 4 fully saturated rings. The Morgan fingerprint density at radius 3 is 2.09 bits per heavy atom. The highest BCUT2D eigenvalue weighted by atomic mass is 32.2. The second-order valence-electron chi connectivity index (χ2n) is 18.9. The Hall–Kier alpha value is -4.07. The van der Waals surface area contributed by atoms with Crippen LogP contribution in [-0.4, -0.2) is 84.2 Å². The summed E-state index contributed by atoms with van der Waals surface area (Å²) in [5, 5.41) is 10.8. The van der Waals surface area contributed by atoms with Gasteiger partial charge in [-0.2, -0.15) is 13.2 Å². The Bertz CT molecular complexity index is 2240. The van der Waals surface area contributed by atoms with E-state index in [1.807, 2.05) is 30.3 Å². The first-order valence-corrected chi connectivity index (χ1v) is 24.1. The minimum atomic E-state index is -5.77. The van der Waals surface area contributed by atoms with Gasteiger partial charge in [-0.3, -0.25) is 24.0 Å². The molecule has 64 heavy (non-hydrogen) atoms. The van der Waals surface area contributed by atoms with Crippen LogP contribution >= 0.6 is 24.0 Å². The number of carbonyl (C=O) groups excluding carboxylic acids is 4. The largest absolute Gasteiger partial charge is 0.511 e. The molecule has 2 aromatic carbocycles. The van der Waals surface area contributed by atoms with E-state index in [1.165, 1.54) is 39.3 Å². The standard InChI is InChI=1S/C45H54F3NO12S3/c1-40(2,36(51)52)43(5,39(55)61-44(18-12-13-19-44)29-16-10-7-11-17-29)25-41(3,38(54)60-32-28-22-30-31(23-28)34(50)59-33(30)32)24-42(4,26-63-35(62)27-14-8-6-9-15-27)37(53)58-21-20-49-64(56,57)45(46,47)48/h6-11,14-17,28,30-33,49H,12-13,18-26H2,1-5H3,(H,51,52). The highest BCUT2D eigenvalue weighted by molar-refractivity contribution is 8.23. The lowest BCUT2D eigenvalue weighted by Gasteiger charge is -2.47. The fourth-order valence-electron chi connectivity index (χ4n) is 10.0. The number of carbonyl (C=O) groups is 5. The average Bonchev–Trinajstić information content (AvgIpc) is 4.02. The van der Waals surface area contributed by atoms with Gasteiger partial charge in [-0.25, -0.2) is 13.1 Å². The van der Waals surface area contributed by atoms with Crippen molar-refractivity contribution in [2.75, 3.05) is 18.9 Å². The van der Waals surface area contributed by atoms with Crippen molar-refractivity contribution in [2.24, 2.45) is 39.4 Å². The van der Waals surface area contributed by atoms with Crippen LogP contribution < -0.4 is 4.72 Å². The van der Waals surface area contributed by atoms with Crippen LogP contribution in [0.2, 0.25) is 0 Å². The molecule has 3 aliphatic carbocycles. The van der Waals surface area contributed by atoms with Crippen molar-refractivity contribution in [3.05, 3.63) is 71.8 Å². The number of benzene rings is 2. The van der Waals surface area contributed by atoms with Gasteiger partial charge < -0.3 is 24.1 Å². The highest BCUT2D eigenvalue weighted by Gasteiger charge is 2.65. The van der Waals surface area contributed by atoms with Crippen molar-refractivity contribution in [1.29, 1.82) is 0 Å². The van der Waals surface area contributed by atoms with E-state index in [9.17, 15) is 41.1 Å². The van der Waals surface area contributed by atoms with E-state index in [0.717, 1.165) is 30.2 Å². The second-order valence-corrected chi connectivity index (χ2v) is 22.3. The lowest BCUT2D eigenvalue weighted by molar-refractivity contribution is -0.195. The van der Waals surface area contributed by atoms with E-state index in [1.54, 1.807) is 30.3 Å². The molecule has 8 unspecified atom stereocenters. The number of alkyl halides is 3. The van der Waals surface area contributed by atoms with Crippen molar-refractivity contribution in [1.82, 2.24) is 4.72 Å². The molecule has 19 heteroatoms. The first-order chi connectivity index (χ1) is 29.8. The second kappa shape index (κ2) is 18.3. The van der Waals surface area contributed by atoms with Gasteiger partial charge in [0.1, 0.15) is 24.4 Å². The fourth-order valence-corrected chi connectivity index (χ4v) is 11.8. The van der Waals surface area contributed by atoms with E-state index in [0.29, 0.717) is 35.4 Å². The molecule has 1 heterocycles. The SMILES string of the molecule is CC(CSC(=S)c1ccccc1)(CC(C)(CC(C)(C(=O)OC1(c2ccccc2)CCCC1)C(C)(C)C(=O)O)C(=O)OC1C2CC3C(=O)OC1C3C2)C(=O)OCCNS(=O)(=O)C(F)(F)F. The minimum absolute atomic E-state index is 0.168. The summed E-state index contributed by atoms with van der Waals surface area (Å²) in [6.45, 7) is 5.21. The number of carboxylic acid groups (broad SMARTS) is 1. The van der Waals surface area contributed by atoms with E-state index < -0.39 is 105 Å². The van der Waals surface area contributed by atoms with Crippen molar-refractivity contribution in [2.45, 2.75) is 109 Å². The topological polar surface area (TPSA) is 189 Å². The summed E-state index contributed by atoms with van der Waals surface area (Å²) in [6.07, 6.45) is 0.724. The number of thiocarbonyl (C=S) groups is 1. The quantitative estimate of drug-likeness (QED) is 0.0610. The molecule has 1 saturated heterocycles. The Labute approximate surface area is 380 Å². The molecule has 0 radical (unpaired) electrons. The van der Waals surface area contributed by atoms with Crippen LogP contribution in [0.4, 0.5) is 13.2 Å². The third kappa shape index (κ3) is 9.59. The van der Waals surface area contributed by atoms with Gasteiger partial charge in [0.2, 0.25) is 0 Å². The molecule has 0 amide bonds. The van der Waals surface area contributed by atoms with Crippen LogP contribution in [0.5, 0.6) is 0 Å². The normalized spacial score (nSPS) is 25.3. The lowest BCUT2D eigenvalue weighted by atomic mass is 9.57. The van der Waals surface area contributed by atoms with Gasteiger partial charge in [-0.1, -0.05) is 72.9 Å². The number of fused-ring (bicyclic) bond motifs is 1. The molecule has 4 aliphatic rings. The number of hydrogen-bond acceptors (Lipinski definition) is 13. The Kier molecular flexibility index (Phi) is 14.1. The zero-order valence-corrected chi connectivity index (χ0v) is 38.7. The predicted octanol–water partition coefficient (Wildman–Crippen LogP) is 7.49. The van der Waals surface area contributed by atoms with Gasteiger partial charge in [0.05, 0.1) is 31.8 Å². The summed E-state index contributed by atoms with van der Waals surface area (Å²) in [6, 6.07) is 17.9. The molecule has 2 N–H and O–H groups in total. The molecule has 1 aliphatic heterocycles. The molecule has 2 bridgehead atoms. The number of rotatable bonds is 19. The zero-order valence-electron chi connectivity index (χ0n) is 36.2. The number of aliphatic carboxylic acids is 1. The predicted molar refractivity (Wildman–Crippen MR) is 232 cm³/mol. The summed E-state index contributed by atoms with van der Waals surface area (Å²) >= 11 is 6.75. The smallest absolute Gasteiger partial charge is 0.481 e. The molecule has 350 valence electrons. The van der Waals surface area contributed by atoms with Crippen molar-refractivity contribution < 1.29 is 69.6 Å². The first-order valence-electron chi connectivity index (χ1n) is 21.2. The Balaban J connectivity index is 1.39. The first kappa shape index (κ1) is 49.4. The third-order valence-corrected chi connectivity index (χ3v) is 17.1. The molecular weight excluding hydrogens is 900 g/mol. The molecule has 0 aromatic heterocycles. The number of thioether (sulfide) groups is 1. The van der Waals surface area contributed by atoms with Gasteiger partial charge >= 0.3 is 45.4 Å². The van der Waals surface area contributed by atoms with Gasteiger partial charge in [-0.15, -0.1) is 11.8 Å². The van der Waals surface area contributed by atoms with E-state index in [2.05, 4.69) is 0 Å². The number of nitrogens with one attached hydrogen (secondary N) is 1. The number of esters is 4. The van der Waals surface area contributed by atoms with Crippen LogP contribution in [0.25, 0.3) is 0 Å². The zero-order chi connectivity index (χ0) is 47.1.